The number of hydrogen-bond donors (Lipinski definition) is 3. The van der Waals surface area contributed by atoms with Gasteiger partial charge >= 0.3 is 0 Å². The summed E-state index contributed by atoms with van der Waals surface area (Å²) in [7, 11) is 1.76. The molecule has 2 aromatic rings. The van der Waals surface area contributed by atoms with Crippen molar-refractivity contribution in [1.82, 2.24) is 10.3 Å². The number of pyridine rings is 1. The van der Waals surface area contributed by atoms with Crippen LogP contribution in [0.3, 0.4) is 0 Å². The third-order valence-corrected chi connectivity index (χ3v) is 5.25. The zero-order chi connectivity index (χ0) is 21.5. The first-order valence-corrected chi connectivity index (χ1v) is 9.70. The second kappa shape index (κ2) is 8.75. The molecule has 5 N–H and O–H groups in total. The van der Waals surface area contributed by atoms with Crippen LogP contribution >= 0.6 is 0 Å². The second-order valence-electron chi connectivity index (χ2n) is 7.71. The van der Waals surface area contributed by atoms with Crippen molar-refractivity contribution in [3.8, 4) is 0 Å². The van der Waals surface area contributed by atoms with Crippen LogP contribution in [0.4, 0.5) is 0 Å². The van der Waals surface area contributed by atoms with Crippen LogP contribution in [0, 0.1) is 0 Å². The minimum atomic E-state index is -0.648. The molecule has 0 saturated heterocycles. The van der Waals surface area contributed by atoms with E-state index in [4.69, 9.17) is 11.5 Å². The molecule has 1 aromatic heterocycles. The number of fused-ring (bicyclic) bond motifs is 2. The van der Waals surface area contributed by atoms with Crippen molar-refractivity contribution in [2.24, 2.45) is 11.5 Å². The summed E-state index contributed by atoms with van der Waals surface area (Å²) in [6, 6.07) is 4.70. The molecular weight excluding hydrogens is 560 g/mol. The zero-order valence-electron chi connectivity index (χ0n) is 17.3. The molecule has 1 aromatic carbocycles. The topological polar surface area (TPSA) is 112 Å². The summed E-state index contributed by atoms with van der Waals surface area (Å²) in [6.45, 7) is 1.86. The number of benzene rings is 1. The predicted octanol–water partition coefficient (Wildman–Crippen LogP) is 2.02. The molecule has 31 heavy (non-hydrogen) atoms. The van der Waals surface area contributed by atoms with Gasteiger partial charge in [0, 0.05) is 61.9 Å². The van der Waals surface area contributed by atoms with E-state index in [1.807, 2.05) is 19.1 Å². The van der Waals surface area contributed by atoms with Crippen LogP contribution in [0.1, 0.15) is 28.5 Å². The van der Waals surface area contributed by atoms with Crippen molar-refractivity contribution >= 4 is 28.8 Å². The summed E-state index contributed by atoms with van der Waals surface area (Å²) in [5, 5.41) is 3.52. The Kier molecular flexibility index (Phi) is 6.46. The Balaban J connectivity index is 0.00000272. The molecule has 0 spiro atoms. The van der Waals surface area contributed by atoms with E-state index in [0.717, 1.165) is 0 Å². The largest absolute Gasteiger partial charge is 0.657 e. The monoisotopic (exact) mass is 583 g/mol. The summed E-state index contributed by atoms with van der Waals surface area (Å²) < 4.78 is 0. The third kappa shape index (κ3) is 4.47. The van der Waals surface area contributed by atoms with Gasteiger partial charge in [-0.2, -0.15) is 0 Å². The minimum absolute atomic E-state index is 0. The van der Waals surface area contributed by atoms with Gasteiger partial charge in [0.2, 0.25) is 0 Å². The molecule has 0 bridgehead atoms. The summed E-state index contributed by atoms with van der Waals surface area (Å²) in [6.07, 6.45) is 14.2. The molecule has 0 radical (unpaired) electrons. The fraction of sp³-hybridized carbons (Fsp3) is 0.167. The average molecular weight is 583 g/mol. The molecule has 2 aliphatic rings. The van der Waals surface area contributed by atoms with Crippen molar-refractivity contribution in [3.63, 3.8) is 0 Å². The van der Waals surface area contributed by atoms with Gasteiger partial charge in [-0.15, -0.1) is 11.2 Å². The van der Waals surface area contributed by atoms with Gasteiger partial charge in [0.05, 0.1) is 5.54 Å². The first-order chi connectivity index (χ1) is 14.3. The molecule has 2 aliphatic carbocycles. The summed E-state index contributed by atoms with van der Waals surface area (Å²) in [5.41, 5.74) is 14.4. The van der Waals surface area contributed by atoms with Gasteiger partial charge in [-0.3, -0.25) is 9.59 Å². The normalized spacial score (nSPS) is 22.0. The van der Waals surface area contributed by atoms with Crippen molar-refractivity contribution in [2.75, 3.05) is 7.05 Å². The molecule has 6 nitrogen and oxygen atoms in total. The number of likely N-dealkylation sites (N-methyl/N-ethyl adjacent to an activating group) is 1. The molecule has 0 saturated carbocycles. The van der Waals surface area contributed by atoms with Crippen molar-refractivity contribution in [3.05, 3.63) is 93.0 Å². The number of nitrogens with one attached hydrogen (secondary N) is 1. The molecule has 0 aliphatic heterocycles. The Bertz CT molecular complexity index is 1260. The molecule has 0 fully saturated rings. The van der Waals surface area contributed by atoms with Gasteiger partial charge in [0.1, 0.15) is 0 Å². The summed E-state index contributed by atoms with van der Waals surface area (Å²) in [4.78, 5) is 30.8. The van der Waals surface area contributed by atoms with E-state index in [0.29, 0.717) is 39.0 Å². The molecule has 0 amide bonds. The number of aromatic nitrogens is 1. The molecule has 7 heteroatoms. The van der Waals surface area contributed by atoms with Gasteiger partial charge in [0.15, 0.2) is 11.2 Å². The van der Waals surface area contributed by atoms with Gasteiger partial charge in [-0.1, -0.05) is 60.7 Å². The number of allylic oxidation sites excluding steroid dienone is 3. The van der Waals surface area contributed by atoms with E-state index in [9.17, 15) is 9.59 Å². The first-order valence-electron chi connectivity index (χ1n) is 9.70. The molecule has 158 valence electrons. The van der Waals surface area contributed by atoms with Crippen LogP contribution in [0.5, 0.6) is 0 Å². The summed E-state index contributed by atoms with van der Waals surface area (Å²) in [5.74, 6) is -0.179. The third-order valence-electron chi connectivity index (χ3n) is 5.25. The van der Waals surface area contributed by atoms with Crippen molar-refractivity contribution in [2.45, 2.75) is 18.5 Å². The summed E-state index contributed by atoms with van der Waals surface area (Å²) >= 11 is 0. The average Bonchev–Trinajstić information content (AvgIpc) is 3.00. The van der Waals surface area contributed by atoms with E-state index >= 15 is 0 Å². The van der Waals surface area contributed by atoms with Crippen LogP contribution in [-0.2, 0) is 21.1 Å². The predicted molar refractivity (Wildman–Crippen MR) is 121 cm³/mol. The zero-order valence-corrected chi connectivity index (χ0v) is 20.2. The number of hydrogen-bond acceptors (Lipinski definition) is 5. The number of rotatable bonds is 3. The van der Waals surface area contributed by atoms with Gasteiger partial charge < -0.3 is 21.8 Å². The number of carbonyl (C=O) groups is 1. The van der Waals surface area contributed by atoms with Crippen LogP contribution in [-0.4, -0.2) is 24.4 Å². The van der Waals surface area contributed by atoms with E-state index in [1.165, 1.54) is 0 Å². The maximum absolute atomic E-state index is 13.3. The SMILES string of the molecule is CNC1=C(C(=O)c2ccc3c(=O)c4c([n-]c3c2)C=CC(N)C=C4)C=CC(C)(N)C=C1.[W]. The van der Waals surface area contributed by atoms with Crippen molar-refractivity contribution in [1.29, 1.82) is 0 Å². The Labute approximate surface area is 194 Å². The van der Waals surface area contributed by atoms with Crippen LogP contribution < -0.4 is 27.2 Å². The molecule has 4 rings (SSSR count). The van der Waals surface area contributed by atoms with E-state index in [1.54, 1.807) is 61.7 Å². The van der Waals surface area contributed by atoms with Gasteiger partial charge in [-0.25, -0.2) is 0 Å². The number of Topliss-reactive ketones (excluding diaryl/α,β-unsaturated/α-hetero) is 1. The maximum atomic E-state index is 13.3. The Morgan fingerprint density at radius 3 is 2.58 bits per heavy atom. The van der Waals surface area contributed by atoms with Crippen LogP contribution in [0.25, 0.3) is 23.1 Å². The molecular formula is C24H23N4O2W-. The van der Waals surface area contributed by atoms with Crippen LogP contribution in [0.15, 0.2) is 70.7 Å². The number of ketones is 1. The quantitative estimate of drug-likeness (QED) is 0.477. The first kappa shape index (κ1) is 22.9. The Morgan fingerprint density at radius 1 is 1.13 bits per heavy atom. The Hall–Kier alpha value is -2.79. The smallest absolute Gasteiger partial charge is 0.195 e. The maximum Gasteiger partial charge on any atom is 0.195 e. The van der Waals surface area contributed by atoms with E-state index in [2.05, 4.69) is 10.3 Å². The van der Waals surface area contributed by atoms with Gasteiger partial charge in [-0.05, 0) is 13.0 Å². The fourth-order valence-corrected chi connectivity index (χ4v) is 3.50. The second-order valence-corrected chi connectivity index (χ2v) is 7.71. The Morgan fingerprint density at radius 2 is 1.84 bits per heavy atom. The van der Waals surface area contributed by atoms with E-state index < -0.39 is 5.54 Å². The molecule has 2 unspecified atom stereocenters. The van der Waals surface area contributed by atoms with E-state index in [-0.39, 0.29) is 38.3 Å². The van der Waals surface area contributed by atoms with Crippen LogP contribution in [0.2, 0.25) is 0 Å². The standard InChI is InChI=1S/C24H24N4O2.W/c1-24(26)11-9-18(19(27-2)10-12-24)22(29)14-3-6-17-21(13-14)28-20-8-5-15(25)4-7-16(20)23(17)30;/h3-13,15H,25-26H2,1-2H3,(H2,27,28,29,30);/p-1. The molecule has 1 heterocycles. The minimum Gasteiger partial charge on any atom is -0.657 e. The number of nitrogens with zero attached hydrogens (tertiary/aromatic N) is 1. The number of nitrogens with two attached hydrogens (primary N) is 2. The van der Waals surface area contributed by atoms with Gasteiger partial charge in [0.25, 0.3) is 0 Å². The fourth-order valence-electron chi connectivity index (χ4n) is 3.50. The number of carbonyl (C=O) groups excluding carboxylic acids is 1. The molecule has 2 atom stereocenters. The van der Waals surface area contributed by atoms with Crippen molar-refractivity contribution < 1.29 is 25.9 Å².